The van der Waals surface area contributed by atoms with E-state index in [9.17, 15) is 33.0 Å². The number of alkyl halides is 3. The van der Waals surface area contributed by atoms with Crippen LogP contribution in [-0.2, 0) is 17.6 Å². The first-order valence-electron chi connectivity index (χ1n) is 13.5. The number of hydrogen-bond donors (Lipinski definition) is 3. The maximum absolute atomic E-state index is 13.7. The van der Waals surface area contributed by atoms with E-state index in [0.29, 0.717) is 43.1 Å². The van der Waals surface area contributed by atoms with Crippen LogP contribution in [0.3, 0.4) is 0 Å². The van der Waals surface area contributed by atoms with Crippen LogP contribution in [0, 0.1) is 17.3 Å². The van der Waals surface area contributed by atoms with Gasteiger partial charge in [0.05, 0.1) is 16.7 Å². The van der Waals surface area contributed by atoms with Gasteiger partial charge in [0, 0.05) is 10.8 Å². The van der Waals surface area contributed by atoms with Gasteiger partial charge in [0.2, 0.25) is 0 Å². The summed E-state index contributed by atoms with van der Waals surface area (Å²) in [6.07, 6.45) is -0.462. The molecule has 0 saturated heterocycles. The number of benzene rings is 3. The summed E-state index contributed by atoms with van der Waals surface area (Å²) in [7, 11) is 0. The van der Waals surface area contributed by atoms with Crippen LogP contribution in [0.2, 0.25) is 0 Å². The smallest absolute Gasteiger partial charge is 0.416 e. The summed E-state index contributed by atoms with van der Waals surface area (Å²) in [5.41, 5.74) is -1.76. The number of amides is 1. The molecule has 7 rings (SSSR count). The molecule has 4 saturated carbocycles. The summed E-state index contributed by atoms with van der Waals surface area (Å²) in [6.45, 7) is -0.0882. The molecule has 210 valence electrons. The van der Waals surface area contributed by atoms with E-state index in [1.807, 2.05) is 12.1 Å². The second-order valence-electron chi connectivity index (χ2n) is 11.9. The van der Waals surface area contributed by atoms with E-state index < -0.39 is 40.7 Å². The van der Waals surface area contributed by atoms with E-state index in [4.69, 9.17) is 4.74 Å². The first kappa shape index (κ1) is 26.6. The predicted molar refractivity (Wildman–Crippen MR) is 141 cm³/mol. The van der Waals surface area contributed by atoms with Crippen LogP contribution < -0.4 is 10.1 Å². The number of ether oxygens (including phenoxy) is 1. The number of hydrogen-bond acceptors (Lipinski definition) is 4. The Morgan fingerprint density at radius 1 is 0.975 bits per heavy atom. The van der Waals surface area contributed by atoms with Crippen molar-refractivity contribution in [1.29, 1.82) is 0 Å². The lowest BCUT2D eigenvalue weighted by molar-refractivity contribution is -0.181. The van der Waals surface area contributed by atoms with Gasteiger partial charge in [-0.2, -0.15) is 13.2 Å². The number of fused-ring (bicyclic) bond motifs is 1. The third kappa shape index (κ3) is 4.80. The van der Waals surface area contributed by atoms with E-state index in [1.165, 1.54) is 12.1 Å². The normalized spacial score (nSPS) is 27.9. The van der Waals surface area contributed by atoms with Crippen molar-refractivity contribution in [2.75, 3.05) is 0 Å². The first-order chi connectivity index (χ1) is 18.9. The highest BCUT2D eigenvalue weighted by Crippen LogP contribution is 2.62. The van der Waals surface area contributed by atoms with Crippen LogP contribution in [0.5, 0.6) is 5.75 Å². The Bertz CT molecular complexity index is 1450. The zero-order chi connectivity index (χ0) is 28.3. The van der Waals surface area contributed by atoms with Crippen LogP contribution >= 0.6 is 0 Å². The van der Waals surface area contributed by atoms with Gasteiger partial charge in [0.15, 0.2) is 0 Å². The molecular weight excluding hydrogens is 523 g/mol. The minimum atomic E-state index is -4.45. The minimum absolute atomic E-state index is 0.0882. The number of nitrogens with one attached hydrogen (secondary N) is 1. The van der Waals surface area contributed by atoms with Gasteiger partial charge in [0.1, 0.15) is 18.4 Å². The van der Waals surface area contributed by atoms with Gasteiger partial charge >= 0.3 is 12.1 Å². The molecule has 4 fully saturated rings. The number of carbonyl (C=O) groups excluding carboxylic acids is 1. The number of carboxylic acids is 1. The van der Waals surface area contributed by atoms with Crippen LogP contribution in [0.25, 0.3) is 10.8 Å². The number of aliphatic carboxylic acids is 1. The Morgan fingerprint density at radius 2 is 1.65 bits per heavy atom. The zero-order valence-electron chi connectivity index (χ0n) is 21.7. The third-order valence-corrected chi connectivity index (χ3v) is 9.00. The van der Waals surface area contributed by atoms with Crippen molar-refractivity contribution in [3.63, 3.8) is 0 Å². The van der Waals surface area contributed by atoms with Crippen molar-refractivity contribution in [2.24, 2.45) is 17.3 Å². The lowest BCUT2D eigenvalue weighted by atomic mass is 9.46. The maximum atomic E-state index is 13.7. The minimum Gasteiger partial charge on any atom is -0.487 e. The predicted octanol–water partition coefficient (Wildman–Crippen LogP) is 5.95. The van der Waals surface area contributed by atoms with Gasteiger partial charge in [-0.3, -0.25) is 4.79 Å². The van der Waals surface area contributed by atoms with Crippen LogP contribution in [0.15, 0.2) is 60.7 Å². The largest absolute Gasteiger partial charge is 0.487 e. The average Bonchev–Trinajstić information content (AvgIpc) is 2.88. The first-order valence-corrected chi connectivity index (χ1v) is 13.5. The van der Waals surface area contributed by atoms with Crippen molar-refractivity contribution in [3.05, 3.63) is 77.4 Å². The van der Waals surface area contributed by atoms with Crippen LogP contribution in [-0.4, -0.2) is 33.7 Å². The highest BCUT2D eigenvalue weighted by molar-refractivity contribution is 6.05. The van der Waals surface area contributed by atoms with Gasteiger partial charge in [0.25, 0.3) is 5.91 Å². The van der Waals surface area contributed by atoms with E-state index in [2.05, 4.69) is 5.32 Å². The van der Waals surface area contributed by atoms with Crippen molar-refractivity contribution in [3.8, 4) is 5.75 Å². The SMILES string of the molecule is O=C(NC(C(=O)O)[C@@]12C[C@@H]3C[C@@H](C[C@@](O)(C3)C1)C2)c1ccc2ccccc2c1OCc1ccc(C(F)(F)F)cc1. The summed E-state index contributed by atoms with van der Waals surface area (Å²) in [4.78, 5) is 26.3. The zero-order valence-corrected chi connectivity index (χ0v) is 21.7. The molecule has 1 unspecified atom stereocenters. The van der Waals surface area contributed by atoms with Gasteiger partial charge < -0.3 is 20.3 Å². The highest BCUT2D eigenvalue weighted by Gasteiger charge is 2.61. The number of halogens is 3. The standard InChI is InChI=1S/C31H30F3NO5/c32-31(33,34)22-8-5-18(6-9-22)16-40-25-23-4-2-1-3-21(23)7-10-24(25)27(36)35-26(28(37)38)29-12-19-11-20(13-29)15-30(39,14-19)17-29/h1-10,19-20,26,39H,11-17H2,(H,35,36)(H,37,38)/t19-,20+,26?,29+,30-. The molecule has 0 radical (unpaired) electrons. The topological polar surface area (TPSA) is 95.9 Å². The average molecular weight is 554 g/mol. The lowest BCUT2D eigenvalue weighted by Gasteiger charge is -2.61. The van der Waals surface area contributed by atoms with E-state index in [-0.39, 0.29) is 29.8 Å². The van der Waals surface area contributed by atoms with E-state index in [0.717, 1.165) is 23.9 Å². The number of carbonyl (C=O) groups is 2. The molecule has 40 heavy (non-hydrogen) atoms. The second-order valence-corrected chi connectivity index (χ2v) is 11.9. The Kier molecular flexibility index (Phi) is 6.33. The molecule has 4 aliphatic carbocycles. The quantitative estimate of drug-likeness (QED) is 0.336. The molecular formula is C31H30F3NO5. The molecule has 0 aromatic heterocycles. The van der Waals surface area contributed by atoms with Gasteiger partial charge in [-0.05, 0) is 79.5 Å². The maximum Gasteiger partial charge on any atom is 0.416 e. The van der Waals surface area contributed by atoms with Gasteiger partial charge in [-0.15, -0.1) is 0 Å². The molecule has 6 nitrogen and oxygen atoms in total. The monoisotopic (exact) mass is 553 g/mol. The Morgan fingerprint density at radius 3 is 2.27 bits per heavy atom. The van der Waals surface area contributed by atoms with Gasteiger partial charge in [-0.1, -0.05) is 42.5 Å². The summed E-state index contributed by atoms with van der Waals surface area (Å²) in [5, 5.41) is 25.6. The van der Waals surface area contributed by atoms with Crippen molar-refractivity contribution in [2.45, 2.75) is 63.0 Å². The summed E-state index contributed by atoms with van der Waals surface area (Å²) in [6, 6.07) is 14.0. The number of rotatable bonds is 7. The van der Waals surface area contributed by atoms with Crippen molar-refractivity contribution < 1.29 is 37.7 Å². The molecule has 1 amide bonds. The van der Waals surface area contributed by atoms with Gasteiger partial charge in [-0.25, -0.2) is 4.79 Å². The molecule has 0 aliphatic heterocycles. The number of aliphatic hydroxyl groups is 1. The fraction of sp³-hybridized carbons (Fsp3) is 0.419. The highest BCUT2D eigenvalue weighted by atomic mass is 19.4. The second kappa shape index (κ2) is 9.51. The third-order valence-electron chi connectivity index (χ3n) is 9.00. The molecule has 9 heteroatoms. The Labute approximate surface area is 229 Å². The molecule has 0 spiro atoms. The molecule has 3 aromatic rings. The summed E-state index contributed by atoms with van der Waals surface area (Å²) < 4.78 is 45.0. The molecule has 0 heterocycles. The fourth-order valence-corrected chi connectivity index (χ4v) is 7.83. The molecule has 5 atom stereocenters. The lowest BCUT2D eigenvalue weighted by Crippen LogP contribution is -2.64. The summed E-state index contributed by atoms with van der Waals surface area (Å²) >= 11 is 0. The number of carboxylic acid groups (broad SMARTS) is 1. The van der Waals surface area contributed by atoms with Crippen molar-refractivity contribution >= 4 is 22.6 Å². The van der Waals surface area contributed by atoms with Crippen molar-refractivity contribution in [1.82, 2.24) is 5.32 Å². The molecule has 4 aliphatic rings. The molecule has 3 N–H and O–H groups in total. The molecule has 3 aromatic carbocycles. The van der Waals surface area contributed by atoms with E-state index in [1.54, 1.807) is 24.3 Å². The Balaban J connectivity index is 1.29. The Hall–Kier alpha value is -3.59. The van der Waals surface area contributed by atoms with E-state index >= 15 is 0 Å². The molecule has 4 bridgehead atoms. The van der Waals surface area contributed by atoms with Crippen LogP contribution in [0.4, 0.5) is 13.2 Å². The summed E-state index contributed by atoms with van der Waals surface area (Å²) in [5.74, 6) is -1.03. The van der Waals surface area contributed by atoms with Crippen LogP contribution in [0.1, 0.15) is 60.0 Å². The fourth-order valence-electron chi connectivity index (χ4n) is 7.83.